The Hall–Kier alpha value is 0.340. The van der Waals surface area contributed by atoms with Gasteiger partial charge in [0.1, 0.15) is 9.67 Å². The summed E-state index contributed by atoms with van der Waals surface area (Å²) in [5.41, 5.74) is 3.69. The van der Waals surface area contributed by atoms with Gasteiger partial charge in [-0.3, -0.25) is 0 Å². The molecule has 0 aromatic carbocycles. The second-order valence-electron chi connectivity index (χ2n) is 13.8. The van der Waals surface area contributed by atoms with E-state index in [4.69, 9.17) is 21.9 Å². The Morgan fingerprint density at radius 2 is 0.975 bits per heavy atom. The third-order valence-electron chi connectivity index (χ3n) is 8.43. The van der Waals surface area contributed by atoms with Crippen LogP contribution in [0.2, 0.25) is 0 Å². The van der Waals surface area contributed by atoms with E-state index in [0.717, 1.165) is 0 Å². The first-order chi connectivity index (χ1) is 18.7. The van der Waals surface area contributed by atoms with Gasteiger partial charge < -0.3 is 0 Å². The van der Waals surface area contributed by atoms with E-state index in [2.05, 4.69) is 107 Å². The molecule has 2 fully saturated rings. The molecule has 0 N–H and O–H groups in total. The number of hydrogen-bond acceptors (Lipinski definition) is 6. The second kappa shape index (κ2) is 17.0. The molecule has 0 aromatic rings. The van der Waals surface area contributed by atoms with Crippen LogP contribution in [0.15, 0.2) is 4.88 Å². The highest BCUT2D eigenvalue weighted by Gasteiger charge is 2.43. The van der Waals surface area contributed by atoms with Gasteiger partial charge in [0.15, 0.2) is 0 Å². The normalized spacial score (nSPS) is 19.4. The molecule has 0 saturated heterocycles. The van der Waals surface area contributed by atoms with Crippen LogP contribution in [-0.4, -0.2) is 77.4 Å². The fraction of sp³-hybridized carbons (Fsp3) is 0.968. The molecule has 2 aliphatic rings. The molecular formula is C31H65N6P2S+. The summed E-state index contributed by atoms with van der Waals surface area (Å²) in [6.45, 7) is 27.6. The fourth-order valence-electron chi connectivity index (χ4n) is 7.33. The standard InChI is InChI=1S/C31H65N6P2S/c1-24(2)34(25(3)4)38(35(30-19-15-13-16-20-30)31-21-17-14-18-22-31)33-32-23-39(40,36(26(5)6)27(7)8)37(28(9)10)29(11)12/h24-31,40H,13-22H2,1-12H3/q+1. The van der Waals surface area contributed by atoms with Crippen LogP contribution in [0, 0.1) is 0 Å². The van der Waals surface area contributed by atoms with E-state index in [1.165, 1.54) is 64.2 Å². The predicted octanol–water partition coefficient (Wildman–Crippen LogP) is 9.80. The maximum atomic E-state index is 5.53. The molecule has 2 aliphatic carbocycles. The Morgan fingerprint density at radius 3 is 1.27 bits per heavy atom. The lowest BCUT2D eigenvalue weighted by Gasteiger charge is -2.46. The van der Waals surface area contributed by atoms with Gasteiger partial charge in [-0.1, -0.05) is 38.5 Å². The van der Waals surface area contributed by atoms with E-state index >= 15 is 0 Å². The van der Waals surface area contributed by atoms with Crippen LogP contribution in [0.25, 0.3) is 0 Å². The first kappa shape index (κ1) is 36.5. The van der Waals surface area contributed by atoms with Crippen molar-refractivity contribution in [2.45, 2.75) is 196 Å². The zero-order valence-electron chi connectivity index (χ0n) is 28.2. The van der Waals surface area contributed by atoms with Gasteiger partial charge in [0.25, 0.3) is 8.37 Å². The summed E-state index contributed by atoms with van der Waals surface area (Å²) in [7, 11) is -0.956. The largest absolute Gasteiger partial charge is 0.381 e. The minimum absolute atomic E-state index is 0.332. The van der Waals surface area contributed by atoms with Gasteiger partial charge in [0.05, 0.1) is 0 Å². The number of nitrogens with zero attached hydrogens (tertiary/aromatic N) is 6. The van der Waals surface area contributed by atoms with Crippen molar-refractivity contribution in [2.24, 2.45) is 4.88 Å². The molecule has 6 nitrogen and oxygen atoms in total. The number of rotatable bonds is 13. The minimum Gasteiger partial charge on any atom is -0.247 e. The van der Waals surface area contributed by atoms with Crippen LogP contribution in [0.5, 0.6) is 0 Å². The SMILES string of the molecule is CC(C)N(C(C)C)P(N=[N+]=C=P(S)(N(C(C)C)C(C)C)N(C(C)C)C(C)C)N(C1CCCCC1)C1CCCCC1. The summed E-state index contributed by atoms with van der Waals surface area (Å²) < 4.78 is 10.6. The molecule has 0 spiro atoms. The Labute approximate surface area is 256 Å². The highest BCUT2D eigenvalue weighted by atomic mass is 32.7. The lowest BCUT2D eigenvalue weighted by molar-refractivity contribution is -0.0605. The van der Waals surface area contributed by atoms with E-state index in [-0.39, 0.29) is 0 Å². The van der Waals surface area contributed by atoms with Crippen molar-refractivity contribution in [3.05, 3.63) is 0 Å². The van der Waals surface area contributed by atoms with Gasteiger partial charge in [-0.25, -0.2) is 18.7 Å². The van der Waals surface area contributed by atoms with Crippen molar-refractivity contribution in [1.82, 2.24) is 18.7 Å². The van der Waals surface area contributed by atoms with Crippen molar-refractivity contribution in [3.63, 3.8) is 0 Å². The summed E-state index contributed by atoms with van der Waals surface area (Å²) in [4.78, 5) is 10.4. The van der Waals surface area contributed by atoms with Crippen molar-refractivity contribution in [3.8, 4) is 0 Å². The molecule has 0 amide bonds. The summed E-state index contributed by atoms with van der Waals surface area (Å²) in [5, 5.41) is 0. The zero-order chi connectivity index (χ0) is 30.2. The van der Waals surface area contributed by atoms with Crippen LogP contribution in [0.1, 0.15) is 147 Å². The molecule has 2 rings (SSSR count). The maximum Gasteiger partial charge on any atom is 0.381 e. The summed E-state index contributed by atoms with van der Waals surface area (Å²) in [5.74, 6) is 0. The molecule has 234 valence electrons. The molecule has 0 heterocycles. The summed E-state index contributed by atoms with van der Waals surface area (Å²) >= 11 is 5.53. The first-order valence-corrected chi connectivity index (χ1v) is 20.5. The highest BCUT2D eigenvalue weighted by Crippen LogP contribution is 2.61. The highest BCUT2D eigenvalue weighted by molar-refractivity contribution is 8.49. The topological polar surface area (TPSA) is 39.4 Å². The molecule has 1 unspecified atom stereocenters. The van der Waals surface area contributed by atoms with E-state index < -0.39 is 14.8 Å². The molecule has 0 radical (unpaired) electrons. The zero-order valence-corrected chi connectivity index (χ0v) is 30.9. The molecular weight excluding hydrogens is 550 g/mol. The van der Waals surface area contributed by atoms with E-state index in [1.807, 2.05) is 0 Å². The molecule has 40 heavy (non-hydrogen) atoms. The van der Waals surface area contributed by atoms with Crippen LogP contribution < -0.4 is 0 Å². The van der Waals surface area contributed by atoms with Gasteiger partial charge in [0, 0.05) is 48.3 Å². The quantitative estimate of drug-likeness (QED) is 0.0736. The summed E-state index contributed by atoms with van der Waals surface area (Å²) in [6, 6.07) is 3.36. The van der Waals surface area contributed by atoms with Crippen LogP contribution in [-0.2, 0) is 0 Å². The monoisotopic (exact) mass is 615 g/mol. The van der Waals surface area contributed by atoms with E-state index in [9.17, 15) is 0 Å². The molecule has 0 aliphatic heterocycles. The van der Waals surface area contributed by atoms with Gasteiger partial charge >= 0.3 is 5.59 Å². The van der Waals surface area contributed by atoms with Gasteiger partial charge in [0.2, 0.25) is 6.39 Å². The van der Waals surface area contributed by atoms with Crippen LogP contribution in [0.4, 0.5) is 0 Å². The second-order valence-corrected chi connectivity index (χ2v) is 19.4. The lowest BCUT2D eigenvalue weighted by atomic mass is 9.91. The molecule has 2 saturated carbocycles. The third kappa shape index (κ3) is 9.42. The number of thiol groups is 1. The van der Waals surface area contributed by atoms with Crippen molar-refractivity contribution in [2.75, 3.05) is 0 Å². The molecule has 0 aromatic heterocycles. The maximum absolute atomic E-state index is 5.53. The average Bonchev–Trinajstić information content (AvgIpc) is 2.84. The van der Waals surface area contributed by atoms with Gasteiger partial charge in [-0.15, -0.1) is 12.2 Å². The predicted molar refractivity (Wildman–Crippen MR) is 182 cm³/mol. The van der Waals surface area contributed by atoms with Crippen LogP contribution in [0.3, 0.4) is 0 Å². The van der Waals surface area contributed by atoms with Crippen molar-refractivity contribution in [1.29, 1.82) is 0 Å². The average molecular weight is 616 g/mol. The first-order valence-electron chi connectivity index (χ1n) is 16.5. The Kier molecular flexibility index (Phi) is 15.5. The lowest BCUT2D eigenvalue weighted by Crippen LogP contribution is -2.46. The van der Waals surface area contributed by atoms with Gasteiger partial charge in [-0.2, -0.15) is 0 Å². The Balaban J connectivity index is 2.86. The van der Waals surface area contributed by atoms with E-state index in [0.29, 0.717) is 48.3 Å². The smallest absolute Gasteiger partial charge is 0.247 e. The van der Waals surface area contributed by atoms with Crippen molar-refractivity contribution >= 4 is 32.6 Å². The minimum atomic E-state index is -2.32. The van der Waals surface area contributed by atoms with Gasteiger partial charge in [-0.05, 0) is 109 Å². The molecule has 0 bridgehead atoms. The van der Waals surface area contributed by atoms with E-state index in [1.54, 1.807) is 0 Å². The Morgan fingerprint density at radius 1 is 0.625 bits per heavy atom. The number of hydrogen-bond donors (Lipinski definition) is 1. The van der Waals surface area contributed by atoms with Crippen molar-refractivity contribution < 1.29 is 4.79 Å². The third-order valence-corrected chi connectivity index (χ3v) is 16.1. The molecule has 9 heteroatoms. The Bertz CT molecular complexity index is 801. The van der Waals surface area contributed by atoms with Crippen LogP contribution >= 0.6 is 27.0 Å². The fourth-order valence-corrected chi connectivity index (χ4v) is 15.6. The summed E-state index contributed by atoms with van der Waals surface area (Å²) in [6.07, 6.45) is 11.0. The molecule has 1 atom stereocenters.